The highest BCUT2D eigenvalue weighted by molar-refractivity contribution is 7.99. The number of fused-ring (bicyclic) bond motifs is 1. The number of hydrogen-bond acceptors (Lipinski definition) is 6. The molecule has 9 heteroatoms. The SMILES string of the molecule is CCCn1c(SCC(=O)Nc2ccc(OC)c(F)c2)nc2ccsc2c1=O. The van der Waals surface area contributed by atoms with Crippen LogP contribution in [0.1, 0.15) is 13.3 Å². The standard InChI is InChI=1S/C18H18FN3O3S2/c1-3-7-22-17(24)16-13(6-8-26-16)21-18(22)27-10-15(23)20-11-4-5-14(25-2)12(19)9-11/h4-6,8-9H,3,7,10H2,1-2H3,(H,20,23). The van der Waals surface area contributed by atoms with Crippen LogP contribution in [0.5, 0.6) is 5.75 Å². The van der Waals surface area contributed by atoms with Crippen LogP contribution >= 0.6 is 23.1 Å². The zero-order valence-corrected chi connectivity index (χ0v) is 16.5. The van der Waals surface area contributed by atoms with Crippen LogP contribution in [0.25, 0.3) is 10.2 Å². The van der Waals surface area contributed by atoms with E-state index in [1.54, 1.807) is 16.7 Å². The third kappa shape index (κ3) is 4.30. The first-order chi connectivity index (χ1) is 13.0. The van der Waals surface area contributed by atoms with Crippen molar-refractivity contribution in [2.45, 2.75) is 25.0 Å². The molecule has 0 aliphatic heterocycles. The highest BCUT2D eigenvalue weighted by atomic mass is 32.2. The van der Waals surface area contributed by atoms with E-state index >= 15 is 0 Å². The number of amides is 1. The fourth-order valence-corrected chi connectivity index (χ4v) is 4.13. The van der Waals surface area contributed by atoms with E-state index in [-0.39, 0.29) is 23.0 Å². The van der Waals surface area contributed by atoms with Crippen LogP contribution in [-0.2, 0) is 11.3 Å². The lowest BCUT2D eigenvalue weighted by Crippen LogP contribution is -2.23. The number of anilines is 1. The van der Waals surface area contributed by atoms with Gasteiger partial charge >= 0.3 is 0 Å². The van der Waals surface area contributed by atoms with Gasteiger partial charge in [0.15, 0.2) is 16.7 Å². The summed E-state index contributed by atoms with van der Waals surface area (Å²) >= 11 is 2.55. The van der Waals surface area contributed by atoms with Gasteiger partial charge in [-0.3, -0.25) is 14.2 Å². The van der Waals surface area contributed by atoms with Crippen molar-refractivity contribution >= 4 is 44.9 Å². The van der Waals surface area contributed by atoms with Crippen molar-refractivity contribution in [3.63, 3.8) is 0 Å². The van der Waals surface area contributed by atoms with Gasteiger partial charge in [-0.1, -0.05) is 18.7 Å². The fraction of sp³-hybridized carbons (Fsp3) is 0.278. The minimum atomic E-state index is -0.552. The Hall–Kier alpha value is -2.39. The van der Waals surface area contributed by atoms with E-state index in [0.717, 1.165) is 6.42 Å². The van der Waals surface area contributed by atoms with Crippen LogP contribution in [0.15, 0.2) is 39.6 Å². The second-order valence-electron chi connectivity index (χ2n) is 5.67. The topological polar surface area (TPSA) is 73.2 Å². The largest absolute Gasteiger partial charge is 0.494 e. The van der Waals surface area contributed by atoms with Gasteiger partial charge in [0.05, 0.1) is 18.4 Å². The van der Waals surface area contributed by atoms with E-state index < -0.39 is 5.82 Å². The quantitative estimate of drug-likeness (QED) is 0.477. The van der Waals surface area contributed by atoms with Crippen LogP contribution in [-0.4, -0.2) is 28.3 Å². The van der Waals surface area contributed by atoms with Gasteiger partial charge in [0.1, 0.15) is 4.70 Å². The van der Waals surface area contributed by atoms with Gasteiger partial charge in [-0.15, -0.1) is 11.3 Å². The summed E-state index contributed by atoms with van der Waals surface area (Å²) in [5.41, 5.74) is 0.889. The lowest BCUT2D eigenvalue weighted by Gasteiger charge is -2.11. The Morgan fingerprint density at radius 3 is 2.93 bits per heavy atom. The number of aromatic nitrogens is 2. The van der Waals surface area contributed by atoms with E-state index in [2.05, 4.69) is 10.3 Å². The first-order valence-corrected chi connectivity index (χ1v) is 10.1. The Bertz CT molecular complexity index is 1030. The lowest BCUT2D eigenvalue weighted by atomic mass is 10.3. The van der Waals surface area contributed by atoms with Gasteiger partial charge in [-0.2, -0.15) is 0 Å². The monoisotopic (exact) mass is 407 g/mol. The van der Waals surface area contributed by atoms with Crippen molar-refractivity contribution in [1.82, 2.24) is 9.55 Å². The molecule has 1 N–H and O–H groups in total. The highest BCUT2D eigenvalue weighted by Gasteiger charge is 2.14. The Morgan fingerprint density at radius 2 is 2.22 bits per heavy atom. The molecule has 27 heavy (non-hydrogen) atoms. The van der Waals surface area contributed by atoms with Crippen molar-refractivity contribution < 1.29 is 13.9 Å². The lowest BCUT2D eigenvalue weighted by molar-refractivity contribution is -0.113. The molecule has 0 saturated heterocycles. The van der Waals surface area contributed by atoms with E-state index in [0.29, 0.717) is 27.6 Å². The molecular formula is C18H18FN3O3S2. The first kappa shape index (κ1) is 19.4. The molecule has 1 aromatic carbocycles. The number of thioether (sulfide) groups is 1. The number of thiophene rings is 1. The molecule has 0 atom stereocenters. The average molecular weight is 407 g/mol. The third-order valence-corrected chi connectivity index (χ3v) is 5.61. The molecule has 1 amide bonds. The molecule has 2 aromatic heterocycles. The van der Waals surface area contributed by atoms with Crippen molar-refractivity contribution in [1.29, 1.82) is 0 Å². The minimum absolute atomic E-state index is 0.0550. The predicted molar refractivity (Wildman–Crippen MR) is 106 cm³/mol. The second-order valence-corrected chi connectivity index (χ2v) is 7.53. The van der Waals surface area contributed by atoms with Crippen LogP contribution < -0.4 is 15.6 Å². The van der Waals surface area contributed by atoms with Gasteiger partial charge in [0.25, 0.3) is 5.56 Å². The summed E-state index contributed by atoms with van der Waals surface area (Å²) in [6.45, 7) is 2.51. The number of halogens is 1. The summed E-state index contributed by atoms with van der Waals surface area (Å²) < 4.78 is 20.8. The number of methoxy groups -OCH3 is 1. The summed E-state index contributed by atoms with van der Waals surface area (Å²) in [5, 5.41) is 4.97. The molecule has 142 valence electrons. The normalized spacial score (nSPS) is 10.9. The Morgan fingerprint density at radius 1 is 1.41 bits per heavy atom. The van der Waals surface area contributed by atoms with Gasteiger partial charge < -0.3 is 10.1 Å². The summed E-state index contributed by atoms with van der Waals surface area (Å²) in [7, 11) is 1.38. The zero-order chi connectivity index (χ0) is 19.4. The van der Waals surface area contributed by atoms with Gasteiger partial charge in [-0.05, 0) is 30.0 Å². The highest BCUT2D eigenvalue weighted by Crippen LogP contribution is 2.23. The van der Waals surface area contributed by atoms with Gasteiger partial charge in [-0.25, -0.2) is 9.37 Å². The predicted octanol–water partition coefficient (Wildman–Crippen LogP) is 3.75. The number of hydrogen-bond donors (Lipinski definition) is 1. The van der Waals surface area contributed by atoms with Crippen molar-refractivity contribution in [2.75, 3.05) is 18.2 Å². The van der Waals surface area contributed by atoms with Crippen LogP contribution in [0.2, 0.25) is 0 Å². The summed E-state index contributed by atoms with van der Waals surface area (Å²) in [6.07, 6.45) is 0.781. The number of nitrogens with one attached hydrogen (secondary N) is 1. The van der Waals surface area contributed by atoms with E-state index in [1.807, 2.05) is 12.3 Å². The molecule has 3 rings (SSSR count). The number of benzene rings is 1. The molecule has 3 aromatic rings. The number of rotatable bonds is 7. The minimum Gasteiger partial charge on any atom is -0.494 e. The molecule has 0 radical (unpaired) electrons. The van der Waals surface area contributed by atoms with Gasteiger partial charge in [0, 0.05) is 18.3 Å². The molecule has 0 spiro atoms. The molecule has 0 fully saturated rings. The number of ether oxygens (including phenoxy) is 1. The van der Waals surface area contributed by atoms with E-state index in [4.69, 9.17) is 4.74 Å². The summed E-state index contributed by atoms with van der Waals surface area (Å²) in [6, 6.07) is 6.00. The van der Waals surface area contributed by atoms with Crippen molar-refractivity contribution in [3.05, 3.63) is 45.8 Å². The van der Waals surface area contributed by atoms with Crippen LogP contribution in [0, 0.1) is 5.82 Å². The Kier molecular flexibility index (Phi) is 6.12. The zero-order valence-electron chi connectivity index (χ0n) is 14.8. The third-order valence-electron chi connectivity index (χ3n) is 3.75. The van der Waals surface area contributed by atoms with Crippen molar-refractivity contribution in [2.24, 2.45) is 0 Å². The maximum Gasteiger partial charge on any atom is 0.272 e. The number of carbonyl (C=O) groups is 1. The molecule has 0 unspecified atom stereocenters. The maximum absolute atomic E-state index is 13.7. The summed E-state index contributed by atoms with van der Waals surface area (Å²) in [4.78, 5) is 29.3. The van der Waals surface area contributed by atoms with E-state index in [9.17, 15) is 14.0 Å². The van der Waals surface area contributed by atoms with Gasteiger partial charge in [0.2, 0.25) is 5.91 Å². The molecule has 0 aliphatic carbocycles. The number of nitrogens with zero attached hydrogens (tertiary/aromatic N) is 2. The molecule has 0 saturated carbocycles. The van der Waals surface area contributed by atoms with Crippen LogP contribution in [0.4, 0.5) is 10.1 Å². The molecule has 0 aliphatic rings. The Balaban J connectivity index is 1.74. The first-order valence-electron chi connectivity index (χ1n) is 8.27. The number of carbonyl (C=O) groups excluding carboxylic acids is 1. The molecular weight excluding hydrogens is 389 g/mol. The second kappa shape index (κ2) is 8.53. The maximum atomic E-state index is 13.7. The van der Waals surface area contributed by atoms with Crippen LogP contribution in [0.3, 0.4) is 0 Å². The molecule has 0 bridgehead atoms. The molecule has 2 heterocycles. The molecule has 6 nitrogen and oxygen atoms in total. The average Bonchev–Trinajstić information content (AvgIpc) is 3.11. The van der Waals surface area contributed by atoms with E-state index in [1.165, 1.54) is 42.3 Å². The smallest absolute Gasteiger partial charge is 0.272 e. The van der Waals surface area contributed by atoms with Crippen molar-refractivity contribution in [3.8, 4) is 5.75 Å². The summed E-state index contributed by atoms with van der Waals surface area (Å²) in [5.74, 6) is -0.699. The Labute approximate surface area is 163 Å². The fourth-order valence-electron chi connectivity index (χ4n) is 2.53.